The molecule has 0 radical (unpaired) electrons. The number of aryl methyl sites for hydroxylation is 1. The predicted molar refractivity (Wildman–Crippen MR) is 74.5 cm³/mol. The second kappa shape index (κ2) is 5.96. The molecule has 1 fully saturated rings. The van der Waals surface area contributed by atoms with E-state index in [1.165, 1.54) is 24.3 Å². The van der Waals surface area contributed by atoms with Gasteiger partial charge in [-0.1, -0.05) is 13.8 Å². The summed E-state index contributed by atoms with van der Waals surface area (Å²) in [6.45, 7) is 7.91. The van der Waals surface area contributed by atoms with Gasteiger partial charge < -0.3 is 5.32 Å². The number of nitrogens with zero attached hydrogens (tertiary/aromatic N) is 1. The summed E-state index contributed by atoms with van der Waals surface area (Å²) in [5.41, 5.74) is 1.16. The van der Waals surface area contributed by atoms with Gasteiger partial charge >= 0.3 is 0 Å². The van der Waals surface area contributed by atoms with Gasteiger partial charge in [0.1, 0.15) is 0 Å². The molecule has 0 saturated heterocycles. The summed E-state index contributed by atoms with van der Waals surface area (Å²) in [6.07, 6.45) is 5.18. The zero-order valence-corrected chi connectivity index (χ0v) is 12.0. The molecule has 1 aliphatic carbocycles. The Bertz CT molecular complexity index is 338. The molecule has 1 N–H and O–H groups in total. The number of hydrogen-bond donors (Lipinski definition) is 1. The molecule has 2 nitrogen and oxygen atoms in total. The quantitative estimate of drug-likeness (QED) is 0.888. The number of thiazole rings is 1. The molecule has 0 bridgehead atoms. The monoisotopic (exact) mass is 252 g/mol. The lowest BCUT2D eigenvalue weighted by Gasteiger charge is -2.32. The Kier molecular flexibility index (Phi) is 4.57. The lowest BCUT2D eigenvalue weighted by atomic mass is 9.80. The van der Waals surface area contributed by atoms with Crippen molar-refractivity contribution in [3.05, 3.63) is 16.1 Å². The van der Waals surface area contributed by atoms with Crippen molar-refractivity contribution >= 4 is 11.3 Å². The molecule has 0 aromatic carbocycles. The molecule has 1 saturated carbocycles. The van der Waals surface area contributed by atoms with E-state index in [1.54, 1.807) is 11.3 Å². The zero-order valence-electron chi connectivity index (χ0n) is 11.2. The smallest absolute Gasteiger partial charge is 0.0940 e. The molecular weight excluding hydrogens is 228 g/mol. The molecule has 0 aliphatic heterocycles. The fourth-order valence-corrected chi connectivity index (χ4v) is 3.79. The summed E-state index contributed by atoms with van der Waals surface area (Å²) in [7, 11) is 0. The molecule has 17 heavy (non-hydrogen) atoms. The van der Waals surface area contributed by atoms with Crippen molar-refractivity contribution in [1.82, 2.24) is 10.3 Å². The van der Waals surface area contributed by atoms with Gasteiger partial charge in [-0.2, -0.15) is 0 Å². The van der Waals surface area contributed by atoms with E-state index in [4.69, 9.17) is 0 Å². The van der Waals surface area contributed by atoms with Crippen LogP contribution in [0.3, 0.4) is 0 Å². The molecule has 1 aromatic heterocycles. The van der Waals surface area contributed by atoms with Crippen molar-refractivity contribution in [2.75, 3.05) is 6.54 Å². The Hall–Kier alpha value is -0.410. The summed E-state index contributed by atoms with van der Waals surface area (Å²) in [5, 5.41) is 7.12. The van der Waals surface area contributed by atoms with Gasteiger partial charge in [-0.05, 0) is 38.0 Å². The highest BCUT2D eigenvalue weighted by atomic mass is 32.1. The standard InChI is InChI=1S/C14H24N2S/c1-10-6-11(2)8-13(7-10)15-5-4-14-16-12(3)9-17-14/h9-11,13,15H,4-8H2,1-3H3. The summed E-state index contributed by atoms with van der Waals surface area (Å²) in [6, 6.07) is 0.731. The maximum Gasteiger partial charge on any atom is 0.0940 e. The van der Waals surface area contributed by atoms with Crippen LogP contribution in [-0.2, 0) is 6.42 Å². The normalized spacial score (nSPS) is 29.5. The molecule has 0 spiro atoms. The predicted octanol–water partition coefficient (Wildman–Crippen LogP) is 3.41. The van der Waals surface area contributed by atoms with Crippen molar-refractivity contribution in [3.63, 3.8) is 0 Å². The fourth-order valence-electron chi connectivity index (χ4n) is 3.01. The van der Waals surface area contributed by atoms with Crippen LogP contribution in [0.1, 0.15) is 43.8 Å². The Labute approximate surface area is 109 Å². The van der Waals surface area contributed by atoms with Gasteiger partial charge in [-0.25, -0.2) is 4.98 Å². The summed E-state index contributed by atoms with van der Waals surface area (Å²) in [4.78, 5) is 4.50. The van der Waals surface area contributed by atoms with Gasteiger partial charge in [0.05, 0.1) is 5.01 Å². The van der Waals surface area contributed by atoms with Crippen LogP contribution in [0.5, 0.6) is 0 Å². The largest absolute Gasteiger partial charge is 0.314 e. The Morgan fingerprint density at radius 1 is 1.29 bits per heavy atom. The van der Waals surface area contributed by atoms with Gasteiger partial charge in [0.2, 0.25) is 0 Å². The van der Waals surface area contributed by atoms with E-state index in [0.29, 0.717) is 0 Å². The topological polar surface area (TPSA) is 24.9 Å². The summed E-state index contributed by atoms with van der Waals surface area (Å²) >= 11 is 1.79. The number of rotatable bonds is 4. The fraction of sp³-hybridized carbons (Fsp3) is 0.786. The molecule has 2 atom stereocenters. The highest BCUT2D eigenvalue weighted by Gasteiger charge is 2.23. The Balaban J connectivity index is 1.71. The van der Waals surface area contributed by atoms with Crippen LogP contribution in [0.2, 0.25) is 0 Å². The SMILES string of the molecule is Cc1csc(CCNC2CC(C)CC(C)C2)n1. The molecule has 2 unspecified atom stereocenters. The van der Waals surface area contributed by atoms with Crippen molar-refractivity contribution in [3.8, 4) is 0 Å². The number of hydrogen-bond acceptors (Lipinski definition) is 3. The first-order valence-electron chi connectivity index (χ1n) is 6.78. The minimum atomic E-state index is 0.731. The number of nitrogens with one attached hydrogen (secondary N) is 1. The van der Waals surface area contributed by atoms with Crippen molar-refractivity contribution in [2.45, 2.75) is 52.5 Å². The first kappa shape index (κ1) is 13.0. The summed E-state index contributed by atoms with van der Waals surface area (Å²) in [5.74, 6) is 1.77. The molecule has 0 amide bonds. The molecule has 1 aliphatic rings. The maximum atomic E-state index is 4.50. The van der Waals surface area contributed by atoms with Gasteiger partial charge in [-0.15, -0.1) is 11.3 Å². The van der Waals surface area contributed by atoms with Crippen molar-refractivity contribution < 1.29 is 0 Å². The first-order valence-corrected chi connectivity index (χ1v) is 7.66. The average molecular weight is 252 g/mol. The molecular formula is C14H24N2S. The average Bonchev–Trinajstić information content (AvgIpc) is 2.63. The van der Waals surface area contributed by atoms with Crippen molar-refractivity contribution in [2.24, 2.45) is 11.8 Å². The highest BCUT2D eigenvalue weighted by molar-refractivity contribution is 7.09. The van der Waals surface area contributed by atoms with Gasteiger partial charge in [0, 0.05) is 30.1 Å². The third-order valence-electron chi connectivity index (χ3n) is 3.62. The first-order chi connectivity index (χ1) is 8.13. The van der Waals surface area contributed by atoms with Crippen LogP contribution in [0.15, 0.2) is 5.38 Å². The van der Waals surface area contributed by atoms with Crippen LogP contribution in [0.4, 0.5) is 0 Å². The van der Waals surface area contributed by atoms with Crippen LogP contribution >= 0.6 is 11.3 Å². The molecule has 1 aromatic rings. The molecule has 96 valence electrons. The van der Waals surface area contributed by atoms with E-state index >= 15 is 0 Å². The lowest BCUT2D eigenvalue weighted by molar-refractivity contribution is 0.240. The van der Waals surface area contributed by atoms with E-state index in [1.807, 2.05) is 0 Å². The third-order valence-corrected chi connectivity index (χ3v) is 4.64. The third kappa shape index (κ3) is 4.07. The Morgan fingerprint density at radius 2 is 2.00 bits per heavy atom. The minimum absolute atomic E-state index is 0.731. The molecule has 3 heteroatoms. The van der Waals surface area contributed by atoms with Gasteiger partial charge in [-0.3, -0.25) is 0 Å². The van der Waals surface area contributed by atoms with E-state index in [9.17, 15) is 0 Å². The maximum absolute atomic E-state index is 4.50. The molecule has 1 heterocycles. The van der Waals surface area contributed by atoms with E-state index in [0.717, 1.165) is 36.5 Å². The van der Waals surface area contributed by atoms with E-state index in [-0.39, 0.29) is 0 Å². The number of aromatic nitrogens is 1. The molecule has 2 rings (SSSR count). The summed E-state index contributed by atoms with van der Waals surface area (Å²) < 4.78 is 0. The van der Waals surface area contributed by atoms with Crippen molar-refractivity contribution in [1.29, 1.82) is 0 Å². The van der Waals surface area contributed by atoms with Crippen LogP contribution in [-0.4, -0.2) is 17.6 Å². The van der Waals surface area contributed by atoms with E-state index < -0.39 is 0 Å². The van der Waals surface area contributed by atoms with Crippen LogP contribution < -0.4 is 5.32 Å². The van der Waals surface area contributed by atoms with Crippen LogP contribution in [0, 0.1) is 18.8 Å². The van der Waals surface area contributed by atoms with Gasteiger partial charge in [0.25, 0.3) is 0 Å². The lowest BCUT2D eigenvalue weighted by Crippen LogP contribution is -2.37. The van der Waals surface area contributed by atoms with E-state index in [2.05, 4.69) is 36.5 Å². The second-order valence-corrected chi connectivity index (χ2v) is 6.64. The highest BCUT2D eigenvalue weighted by Crippen LogP contribution is 2.28. The van der Waals surface area contributed by atoms with Gasteiger partial charge in [0.15, 0.2) is 0 Å². The minimum Gasteiger partial charge on any atom is -0.314 e. The second-order valence-electron chi connectivity index (χ2n) is 5.70. The zero-order chi connectivity index (χ0) is 12.3. The van der Waals surface area contributed by atoms with Crippen LogP contribution in [0.25, 0.3) is 0 Å². The Morgan fingerprint density at radius 3 is 2.59 bits per heavy atom.